The molecule has 26 heavy (non-hydrogen) atoms. The Bertz CT molecular complexity index is 658. The van der Waals surface area contributed by atoms with E-state index in [1.54, 1.807) is 6.07 Å². The predicted molar refractivity (Wildman–Crippen MR) is 111 cm³/mol. The van der Waals surface area contributed by atoms with Crippen LogP contribution in [0, 0.1) is 0 Å². The average Bonchev–Trinajstić information content (AvgIpc) is 2.65. The van der Waals surface area contributed by atoms with Crippen molar-refractivity contribution in [3.8, 4) is 5.75 Å². The number of hydrogen-bond donors (Lipinski definition) is 1. The van der Waals surface area contributed by atoms with Gasteiger partial charge in [-0.15, -0.1) is 0 Å². The number of rotatable bonds is 11. The molecule has 0 unspecified atom stereocenters. The molecule has 0 amide bonds. The summed E-state index contributed by atoms with van der Waals surface area (Å²) in [6, 6.07) is 13.6. The summed E-state index contributed by atoms with van der Waals surface area (Å²) >= 11 is 12.1. The first-order valence-electron chi connectivity index (χ1n) is 9.21. The Morgan fingerprint density at radius 1 is 1.00 bits per heavy atom. The minimum Gasteiger partial charge on any atom is -0.489 e. The summed E-state index contributed by atoms with van der Waals surface area (Å²) in [5.41, 5.74) is 2.18. The van der Waals surface area contributed by atoms with Crippen LogP contribution in [0.5, 0.6) is 5.75 Å². The maximum absolute atomic E-state index is 6.17. The van der Waals surface area contributed by atoms with Crippen molar-refractivity contribution in [1.82, 2.24) is 10.2 Å². The lowest BCUT2D eigenvalue weighted by atomic mass is 10.2. The van der Waals surface area contributed by atoms with Gasteiger partial charge in [-0.2, -0.15) is 0 Å². The van der Waals surface area contributed by atoms with Crippen molar-refractivity contribution in [3.05, 3.63) is 63.6 Å². The molecule has 1 N–H and O–H groups in total. The smallest absolute Gasteiger partial charge is 0.119 e. The first kappa shape index (κ1) is 21.0. The SMILES string of the molecule is CCN(CC)CCCNCc1ccc(OCc2ccc(Cl)cc2Cl)cc1. The molecule has 0 aliphatic heterocycles. The van der Waals surface area contributed by atoms with Crippen molar-refractivity contribution in [2.45, 2.75) is 33.4 Å². The second kappa shape index (κ2) is 11.5. The van der Waals surface area contributed by atoms with Crippen LogP contribution in [0.15, 0.2) is 42.5 Å². The van der Waals surface area contributed by atoms with E-state index in [1.165, 1.54) is 12.0 Å². The Balaban J connectivity index is 1.71. The third-order valence-electron chi connectivity index (χ3n) is 4.38. The van der Waals surface area contributed by atoms with Crippen LogP contribution in [0.1, 0.15) is 31.4 Å². The molecule has 0 radical (unpaired) electrons. The Labute approximate surface area is 167 Å². The van der Waals surface area contributed by atoms with Crippen molar-refractivity contribution in [2.75, 3.05) is 26.2 Å². The van der Waals surface area contributed by atoms with E-state index < -0.39 is 0 Å². The van der Waals surface area contributed by atoms with E-state index in [2.05, 4.69) is 36.2 Å². The second-order valence-electron chi connectivity index (χ2n) is 6.23. The van der Waals surface area contributed by atoms with Crippen molar-refractivity contribution >= 4 is 23.2 Å². The van der Waals surface area contributed by atoms with Crippen molar-refractivity contribution in [2.24, 2.45) is 0 Å². The molecule has 2 aromatic carbocycles. The molecule has 0 spiro atoms. The molecule has 142 valence electrons. The van der Waals surface area contributed by atoms with Gasteiger partial charge in [-0.3, -0.25) is 0 Å². The normalized spacial score (nSPS) is 11.1. The average molecular weight is 395 g/mol. The predicted octanol–water partition coefficient (Wildman–Crippen LogP) is 5.39. The molecule has 2 rings (SSSR count). The monoisotopic (exact) mass is 394 g/mol. The molecular weight excluding hydrogens is 367 g/mol. The second-order valence-corrected chi connectivity index (χ2v) is 7.07. The minimum atomic E-state index is 0.430. The van der Waals surface area contributed by atoms with Gasteiger partial charge < -0.3 is 15.0 Å². The van der Waals surface area contributed by atoms with Gasteiger partial charge in [0.25, 0.3) is 0 Å². The lowest BCUT2D eigenvalue weighted by Crippen LogP contribution is -2.27. The number of hydrogen-bond acceptors (Lipinski definition) is 3. The summed E-state index contributed by atoms with van der Waals surface area (Å²) in [7, 11) is 0. The van der Waals surface area contributed by atoms with Crippen LogP contribution in [0.4, 0.5) is 0 Å². The van der Waals surface area contributed by atoms with Gasteiger partial charge in [0.1, 0.15) is 12.4 Å². The maximum atomic E-state index is 6.17. The van der Waals surface area contributed by atoms with Gasteiger partial charge in [0.05, 0.1) is 0 Å². The van der Waals surface area contributed by atoms with Crippen LogP contribution < -0.4 is 10.1 Å². The van der Waals surface area contributed by atoms with Gasteiger partial charge in [-0.25, -0.2) is 0 Å². The molecular formula is C21H28Cl2N2O. The fourth-order valence-corrected chi connectivity index (χ4v) is 3.17. The highest BCUT2D eigenvalue weighted by Gasteiger charge is 2.03. The van der Waals surface area contributed by atoms with Crippen LogP contribution in [0.2, 0.25) is 10.0 Å². The Morgan fingerprint density at radius 3 is 2.38 bits per heavy atom. The number of benzene rings is 2. The van der Waals surface area contributed by atoms with E-state index in [0.717, 1.165) is 44.0 Å². The Kier molecular flexibility index (Phi) is 9.27. The van der Waals surface area contributed by atoms with Gasteiger partial charge >= 0.3 is 0 Å². The number of nitrogens with zero attached hydrogens (tertiary/aromatic N) is 1. The quantitative estimate of drug-likeness (QED) is 0.516. The van der Waals surface area contributed by atoms with Crippen LogP contribution >= 0.6 is 23.2 Å². The molecule has 0 aliphatic carbocycles. The molecule has 0 atom stereocenters. The van der Waals surface area contributed by atoms with Crippen molar-refractivity contribution in [1.29, 1.82) is 0 Å². The molecule has 0 saturated heterocycles. The van der Waals surface area contributed by atoms with Crippen LogP contribution in [0.25, 0.3) is 0 Å². The number of nitrogens with one attached hydrogen (secondary N) is 1. The molecule has 0 heterocycles. The van der Waals surface area contributed by atoms with Gasteiger partial charge in [-0.05, 0) is 62.4 Å². The molecule has 0 aromatic heterocycles. The van der Waals surface area contributed by atoms with E-state index >= 15 is 0 Å². The van der Waals surface area contributed by atoms with Gasteiger partial charge in [-0.1, -0.05) is 55.2 Å². The van der Waals surface area contributed by atoms with E-state index in [4.69, 9.17) is 27.9 Å². The lowest BCUT2D eigenvalue weighted by molar-refractivity contribution is 0.298. The highest BCUT2D eigenvalue weighted by Crippen LogP contribution is 2.22. The summed E-state index contributed by atoms with van der Waals surface area (Å²) in [5, 5.41) is 4.76. The topological polar surface area (TPSA) is 24.5 Å². The third-order valence-corrected chi connectivity index (χ3v) is 4.97. The zero-order valence-corrected chi connectivity index (χ0v) is 17.1. The van der Waals surface area contributed by atoms with Crippen LogP contribution in [-0.4, -0.2) is 31.1 Å². The fourth-order valence-electron chi connectivity index (χ4n) is 2.70. The largest absolute Gasteiger partial charge is 0.489 e. The summed E-state index contributed by atoms with van der Waals surface area (Å²) in [6.07, 6.45) is 1.17. The van der Waals surface area contributed by atoms with E-state index in [1.807, 2.05) is 24.3 Å². The molecule has 0 fully saturated rings. The highest BCUT2D eigenvalue weighted by molar-refractivity contribution is 6.35. The van der Waals surface area contributed by atoms with E-state index in [9.17, 15) is 0 Å². The zero-order valence-electron chi connectivity index (χ0n) is 15.6. The first-order valence-corrected chi connectivity index (χ1v) is 9.96. The van der Waals surface area contributed by atoms with Crippen molar-refractivity contribution < 1.29 is 4.74 Å². The molecule has 0 aliphatic rings. The van der Waals surface area contributed by atoms with Gasteiger partial charge in [0, 0.05) is 22.2 Å². The van der Waals surface area contributed by atoms with Gasteiger partial charge in [0.2, 0.25) is 0 Å². The van der Waals surface area contributed by atoms with E-state index in [-0.39, 0.29) is 0 Å². The number of halogens is 2. The number of ether oxygens (including phenoxy) is 1. The molecule has 3 nitrogen and oxygen atoms in total. The van der Waals surface area contributed by atoms with Crippen LogP contribution in [-0.2, 0) is 13.2 Å². The van der Waals surface area contributed by atoms with E-state index in [0.29, 0.717) is 16.7 Å². The Morgan fingerprint density at radius 2 is 1.73 bits per heavy atom. The summed E-state index contributed by atoms with van der Waals surface area (Å²) in [4.78, 5) is 2.45. The molecule has 2 aromatic rings. The standard InChI is InChI=1S/C21H28Cl2N2O/c1-3-25(4-2)13-5-12-24-15-17-6-10-20(11-7-17)26-16-18-8-9-19(22)14-21(18)23/h6-11,14,24H,3-5,12-13,15-16H2,1-2H3. The molecule has 5 heteroatoms. The maximum Gasteiger partial charge on any atom is 0.119 e. The minimum absolute atomic E-state index is 0.430. The summed E-state index contributed by atoms with van der Waals surface area (Å²) in [5.74, 6) is 0.835. The Hall–Kier alpha value is -1.26. The zero-order chi connectivity index (χ0) is 18.8. The summed E-state index contributed by atoms with van der Waals surface area (Å²) < 4.78 is 5.81. The highest BCUT2D eigenvalue weighted by atomic mass is 35.5. The fraction of sp³-hybridized carbons (Fsp3) is 0.429. The third kappa shape index (κ3) is 7.16. The molecule has 0 saturated carbocycles. The van der Waals surface area contributed by atoms with Gasteiger partial charge in [0.15, 0.2) is 0 Å². The van der Waals surface area contributed by atoms with Crippen molar-refractivity contribution in [3.63, 3.8) is 0 Å². The van der Waals surface area contributed by atoms with Crippen LogP contribution in [0.3, 0.4) is 0 Å². The molecule has 0 bridgehead atoms. The lowest BCUT2D eigenvalue weighted by Gasteiger charge is -2.17. The first-order chi connectivity index (χ1) is 12.6. The summed E-state index contributed by atoms with van der Waals surface area (Å²) in [6.45, 7) is 10.2.